The normalized spacial score (nSPS) is 11.6. The van der Waals surface area contributed by atoms with E-state index in [2.05, 4.69) is 57.0 Å². The minimum Gasteiger partial charge on any atom is -0.345 e. The molecule has 0 bridgehead atoms. The van der Waals surface area contributed by atoms with Crippen molar-refractivity contribution in [1.82, 2.24) is 24.8 Å². The Bertz CT molecular complexity index is 725. The number of benzene rings is 1. The van der Waals surface area contributed by atoms with E-state index in [0.29, 0.717) is 0 Å². The number of imidazole rings is 2. The third-order valence-corrected chi connectivity index (χ3v) is 3.30. The Hall–Kier alpha value is -2.14. The molecule has 3 rings (SSSR count). The Balaban J connectivity index is 1.72. The summed E-state index contributed by atoms with van der Waals surface area (Å²) >= 11 is 0. The van der Waals surface area contributed by atoms with Crippen molar-refractivity contribution < 1.29 is 0 Å². The molecule has 5 heteroatoms. The fourth-order valence-electron chi connectivity index (χ4n) is 2.41. The molecule has 2 N–H and O–H groups in total. The highest BCUT2D eigenvalue weighted by Crippen LogP contribution is 2.14. The van der Waals surface area contributed by atoms with Crippen molar-refractivity contribution in [1.29, 1.82) is 0 Å². The third-order valence-electron chi connectivity index (χ3n) is 3.30. The molecule has 0 aliphatic carbocycles. The number of H-pyrrole nitrogens is 2. The lowest BCUT2D eigenvalue weighted by Gasteiger charge is -2.13. The van der Waals surface area contributed by atoms with Gasteiger partial charge in [-0.3, -0.25) is 4.90 Å². The fraction of sp³-hybridized carbons (Fsp3) is 0.333. The maximum atomic E-state index is 4.62. The van der Waals surface area contributed by atoms with Crippen LogP contribution in [0.3, 0.4) is 0 Å². The van der Waals surface area contributed by atoms with Gasteiger partial charge in [-0.1, -0.05) is 6.07 Å². The summed E-state index contributed by atoms with van der Waals surface area (Å²) in [5.41, 5.74) is 4.49. The van der Waals surface area contributed by atoms with E-state index < -0.39 is 0 Å². The first-order chi connectivity index (χ1) is 9.60. The van der Waals surface area contributed by atoms with Gasteiger partial charge in [0.05, 0.1) is 17.6 Å². The lowest BCUT2D eigenvalue weighted by atomic mass is 10.2. The van der Waals surface area contributed by atoms with Gasteiger partial charge in [-0.15, -0.1) is 0 Å². The van der Waals surface area contributed by atoms with Gasteiger partial charge < -0.3 is 9.97 Å². The van der Waals surface area contributed by atoms with Gasteiger partial charge in [-0.05, 0) is 38.6 Å². The largest absolute Gasteiger partial charge is 0.345 e. The van der Waals surface area contributed by atoms with E-state index >= 15 is 0 Å². The number of nitrogens with zero attached hydrogens (tertiary/aromatic N) is 3. The van der Waals surface area contributed by atoms with Gasteiger partial charge in [0.15, 0.2) is 0 Å². The first kappa shape index (κ1) is 12.9. The average Bonchev–Trinajstić information content (AvgIpc) is 2.94. The first-order valence-corrected chi connectivity index (χ1v) is 6.74. The SMILES string of the molecule is Cc1ccc2nc(CN(C)Cc3cnc(C)[nH]3)[nH]c2c1. The second kappa shape index (κ2) is 5.09. The summed E-state index contributed by atoms with van der Waals surface area (Å²) in [5, 5.41) is 0. The molecule has 0 aliphatic rings. The van der Waals surface area contributed by atoms with Crippen LogP contribution >= 0.6 is 0 Å². The Kier molecular flexibility index (Phi) is 3.28. The third kappa shape index (κ3) is 2.72. The molecule has 3 aromatic rings. The highest BCUT2D eigenvalue weighted by atomic mass is 15.1. The molecule has 104 valence electrons. The highest BCUT2D eigenvalue weighted by molar-refractivity contribution is 5.75. The molecule has 0 spiro atoms. The second-order valence-electron chi connectivity index (χ2n) is 5.37. The molecule has 0 saturated carbocycles. The molecule has 20 heavy (non-hydrogen) atoms. The Morgan fingerprint density at radius 1 is 1.15 bits per heavy atom. The van der Waals surface area contributed by atoms with E-state index in [1.807, 2.05) is 13.1 Å². The number of rotatable bonds is 4. The minimum absolute atomic E-state index is 0.784. The average molecular weight is 269 g/mol. The van der Waals surface area contributed by atoms with Gasteiger partial charge in [0.25, 0.3) is 0 Å². The summed E-state index contributed by atoms with van der Waals surface area (Å²) < 4.78 is 0. The van der Waals surface area contributed by atoms with Crippen molar-refractivity contribution in [2.75, 3.05) is 7.05 Å². The smallest absolute Gasteiger partial charge is 0.121 e. The Morgan fingerprint density at radius 2 is 2.00 bits per heavy atom. The van der Waals surface area contributed by atoms with E-state index in [1.165, 1.54) is 5.56 Å². The molecule has 1 aromatic carbocycles. The number of hydrogen-bond acceptors (Lipinski definition) is 3. The predicted molar refractivity (Wildman–Crippen MR) is 79.3 cm³/mol. The van der Waals surface area contributed by atoms with Crippen LogP contribution in [-0.2, 0) is 13.1 Å². The van der Waals surface area contributed by atoms with Crippen LogP contribution in [0.25, 0.3) is 11.0 Å². The van der Waals surface area contributed by atoms with Crippen molar-refractivity contribution >= 4 is 11.0 Å². The van der Waals surface area contributed by atoms with Gasteiger partial charge in [0.1, 0.15) is 11.6 Å². The molecule has 0 radical (unpaired) electrons. The molecule has 0 aliphatic heterocycles. The molecule has 2 aromatic heterocycles. The molecule has 0 fully saturated rings. The number of aryl methyl sites for hydroxylation is 2. The summed E-state index contributed by atoms with van der Waals surface area (Å²) in [4.78, 5) is 17.7. The van der Waals surface area contributed by atoms with Crippen molar-refractivity contribution in [2.45, 2.75) is 26.9 Å². The second-order valence-corrected chi connectivity index (χ2v) is 5.37. The monoisotopic (exact) mass is 269 g/mol. The van der Waals surface area contributed by atoms with Gasteiger partial charge in [-0.25, -0.2) is 9.97 Å². The molecule has 2 heterocycles. The zero-order valence-corrected chi connectivity index (χ0v) is 12.1. The van der Waals surface area contributed by atoms with Gasteiger partial charge >= 0.3 is 0 Å². The summed E-state index contributed by atoms with van der Waals surface area (Å²) in [5.74, 6) is 1.94. The predicted octanol–water partition coefficient (Wildman–Crippen LogP) is 2.53. The van der Waals surface area contributed by atoms with Crippen LogP contribution in [-0.4, -0.2) is 31.9 Å². The molecule has 0 saturated heterocycles. The van der Waals surface area contributed by atoms with Crippen molar-refractivity contribution in [3.63, 3.8) is 0 Å². The number of fused-ring (bicyclic) bond motifs is 1. The number of aromatic nitrogens is 4. The summed E-state index contributed by atoms with van der Waals surface area (Å²) in [6, 6.07) is 6.27. The minimum atomic E-state index is 0.784. The van der Waals surface area contributed by atoms with Crippen LogP contribution in [0, 0.1) is 13.8 Å². The highest BCUT2D eigenvalue weighted by Gasteiger charge is 2.07. The van der Waals surface area contributed by atoms with Crippen LogP contribution in [0.2, 0.25) is 0 Å². The van der Waals surface area contributed by atoms with E-state index in [4.69, 9.17) is 0 Å². The van der Waals surface area contributed by atoms with E-state index in [1.54, 1.807) is 0 Å². The Labute approximate surface area is 118 Å². The standard InChI is InChI=1S/C15H19N5/c1-10-4-5-13-14(6-10)19-15(18-13)9-20(3)8-12-7-16-11(2)17-12/h4-7H,8-9H2,1-3H3,(H,16,17)(H,18,19). The summed E-state index contributed by atoms with van der Waals surface area (Å²) in [7, 11) is 2.08. The molecule has 0 atom stereocenters. The molecule has 0 amide bonds. The van der Waals surface area contributed by atoms with Gasteiger partial charge in [0.2, 0.25) is 0 Å². The molecule has 0 unspecified atom stereocenters. The van der Waals surface area contributed by atoms with Crippen LogP contribution in [0.4, 0.5) is 0 Å². The van der Waals surface area contributed by atoms with Crippen LogP contribution in [0.5, 0.6) is 0 Å². The van der Waals surface area contributed by atoms with Crippen LogP contribution < -0.4 is 0 Å². The fourth-order valence-corrected chi connectivity index (χ4v) is 2.41. The Morgan fingerprint density at radius 3 is 2.75 bits per heavy atom. The maximum Gasteiger partial charge on any atom is 0.121 e. The topological polar surface area (TPSA) is 60.6 Å². The van der Waals surface area contributed by atoms with Crippen molar-refractivity contribution in [3.8, 4) is 0 Å². The van der Waals surface area contributed by atoms with Crippen molar-refractivity contribution in [2.24, 2.45) is 0 Å². The van der Waals surface area contributed by atoms with Crippen molar-refractivity contribution in [3.05, 3.63) is 47.3 Å². The molecule has 5 nitrogen and oxygen atoms in total. The summed E-state index contributed by atoms with van der Waals surface area (Å²) in [6.45, 7) is 5.67. The summed E-state index contributed by atoms with van der Waals surface area (Å²) in [6.07, 6.45) is 1.88. The van der Waals surface area contributed by atoms with E-state index in [9.17, 15) is 0 Å². The van der Waals surface area contributed by atoms with Crippen LogP contribution in [0.1, 0.15) is 22.9 Å². The number of aromatic amines is 2. The van der Waals surface area contributed by atoms with Gasteiger partial charge in [0, 0.05) is 18.4 Å². The quantitative estimate of drug-likeness (QED) is 0.765. The number of nitrogens with one attached hydrogen (secondary N) is 2. The zero-order valence-electron chi connectivity index (χ0n) is 12.1. The lowest BCUT2D eigenvalue weighted by Crippen LogP contribution is -2.18. The van der Waals surface area contributed by atoms with E-state index in [0.717, 1.165) is 41.5 Å². The lowest BCUT2D eigenvalue weighted by molar-refractivity contribution is 0.308. The molecular formula is C15H19N5. The molecular weight excluding hydrogens is 250 g/mol. The zero-order chi connectivity index (χ0) is 14.1. The maximum absolute atomic E-state index is 4.62. The van der Waals surface area contributed by atoms with E-state index in [-0.39, 0.29) is 0 Å². The van der Waals surface area contributed by atoms with Gasteiger partial charge in [-0.2, -0.15) is 0 Å². The number of hydrogen-bond donors (Lipinski definition) is 2. The first-order valence-electron chi connectivity index (χ1n) is 6.74. The van der Waals surface area contributed by atoms with Crippen LogP contribution in [0.15, 0.2) is 24.4 Å².